The van der Waals surface area contributed by atoms with Crippen molar-refractivity contribution in [2.45, 2.75) is 78.1 Å². The predicted octanol–water partition coefficient (Wildman–Crippen LogP) is 5.73. The van der Waals surface area contributed by atoms with Crippen LogP contribution in [0.3, 0.4) is 0 Å². The predicted molar refractivity (Wildman–Crippen MR) is 86.4 cm³/mol. The number of aryl methyl sites for hydroxylation is 1. The summed E-state index contributed by atoms with van der Waals surface area (Å²) in [7, 11) is 0. The number of unbranched alkanes of at least 4 members (excludes halogenated alkanes) is 9. The number of rotatable bonds is 10. The molecule has 0 saturated heterocycles. The van der Waals surface area contributed by atoms with Crippen LogP contribution in [-0.2, 0) is 5.11 Å². The van der Waals surface area contributed by atoms with Crippen molar-refractivity contribution in [1.29, 1.82) is 0 Å². The summed E-state index contributed by atoms with van der Waals surface area (Å²) in [4.78, 5) is 3.98. The highest BCUT2D eigenvalue weighted by Gasteiger charge is 1.91. The Morgan fingerprint density at radius 2 is 1.40 bits per heavy atom. The molecule has 0 amide bonds. The normalized spacial score (nSPS) is 9.95. The minimum absolute atomic E-state index is 0.122. The molecule has 2 heteroatoms. The van der Waals surface area contributed by atoms with E-state index in [9.17, 15) is 5.11 Å². The highest BCUT2D eigenvalue weighted by molar-refractivity contribution is 4.99. The van der Waals surface area contributed by atoms with E-state index in [2.05, 4.69) is 11.9 Å². The molecule has 1 heterocycles. The van der Waals surface area contributed by atoms with E-state index in [1.165, 1.54) is 51.4 Å². The van der Waals surface area contributed by atoms with Gasteiger partial charge in [-0.1, -0.05) is 70.8 Å². The molecule has 0 N–H and O–H groups in total. The molecular weight excluding hydrogens is 246 g/mol. The molecule has 0 bridgehead atoms. The lowest BCUT2D eigenvalue weighted by atomic mass is 10.1. The van der Waals surface area contributed by atoms with Gasteiger partial charge in [-0.2, -0.15) is 0 Å². The summed E-state index contributed by atoms with van der Waals surface area (Å²) >= 11 is 0. The van der Waals surface area contributed by atoms with Crippen molar-refractivity contribution in [3.8, 4) is 0 Å². The fourth-order valence-corrected chi connectivity index (χ4v) is 2.04. The van der Waals surface area contributed by atoms with Gasteiger partial charge in [0.25, 0.3) is 0 Å². The second-order valence-electron chi connectivity index (χ2n) is 5.36. The van der Waals surface area contributed by atoms with Crippen molar-refractivity contribution in [2.24, 2.45) is 0 Å². The van der Waals surface area contributed by atoms with E-state index < -0.39 is 0 Å². The summed E-state index contributed by atoms with van der Waals surface area (Å²) < 4.78 is 0. The molecule has 0 unspecified atom stereocenters. The maximum absolute atomic E-state index is 10.1. The standard InChI is InChI=1S/C12H25O.C6H7N/c1-2-3-4-5-6-7-8-9-10-11-12-13;1-6-4-2-3-5-7-6/h2-12H2,1H3;2-5H,1H3. The van der Waals surface area contributed by atoms with Gasteiger partial charge < -0.3 is 0 Å². The van der Waals surface area contributed by atoms with E-state index in [0.29, 0.717) is 0 Å². The van der Waals surface area contributed by atoms with Crippen molar-refractivity contribution >= 4 is 0 Å². The largest absolute Gasteiger partial charge is 0.262 e. The SMILES string of the molecule is CCCCCCCCCCCC[O].Cc1ccccn1. The summed E-state index contributed by atoms with van der Waals surface area (Å²) in [5.74, 6) is 0. The first-order chi connectivity index (χ1) is 9.81. The van der Waals surface area contributed by atoms with E-state index in [-0.39, 0.29) is 6.61 Å². The fourth-order valence-electron chi connectivity index (χ4n) is 2.04. The Balaban J connectivity index is 0.000000428. The minimum atomic E-state index is 0.122. The number of nitrogens with zero attached hydrogens (tertiary/aromatic N) is 1. The van der Waals surface area contributed by atoms with E-state index in [1.54, 1.807) is 6.20 Å². The van der Waals surface area contributed by atoms with Crippen molar-refractivity contribution in [3.63, 3.8) is 0 Å². The molecular formula is C18H32NO. The second kappa shape index (κ2) is 16.2. The Morgan fingerprint density at radius 1 is 0.850 bits per heavy atom. The molecule has 0 atom stereocenters. The third-order valence-corrected chi connectivity index (χ3v) is 3.31. The van der Waals surface area contributed by atoms with Crippen LogP contribution < -0.4 is 0 Å². The van der Waals surface area contributed by atoms with E-state index >= 15 is 0 Å². The second-order valence-corrected chi connectivity index (χ2v) is 5.36. The van der Waals surface area contributed by atoms with Gasteiger partial charge >= 0.3 is 0 Å². The molecule has 2 nitrogen and oxygen atoms in total. The number of hydrogen-bond donors (Lipinski definition) is 0. The molecule has 115 valence electrons. The first kappa shape index (κ1) is 19.1. The van der Waals surface area contributed by atoms with Crippen molar-refractivity contribution in [2.75, 3.05) is 6.61 Å². The molecule has 20 heavy (non-hydrogen) atoms. The molecule has 0 spiro atoms. The molecule has 1 radical (unpaired) electrons. The molecule has 1 aromatic heterocycles. The van der Waals surface area contributed by atoms with Gasteiger partial charge in [0.05, 0.1) is 6.61 Å². The van der Waals surface area contributed by atoms with E-state index in [4.69, 9.17) is 0 Å². The maximum Gasteiger partial charge on any atom is 0.0822 e. The number of aromatic nitrogens is 1. The van der Waals surface area contributed by atoms with Crippen molar-refractivity contribution < 1.29 is 5.11 Å². The van der Waals surface area contributed by atoms with Gasteiger partial charge in [-0.05, 0) is 25.5 Å². The van der Waals surface area contributed by atoms with Gasteiger partial charge in [0.1, 0.15) is 0 Å². The average Bonchev–Trinajstić information content (AvgIpc) is 2.47. The minimum Gasteiger partial charge on any atom is -0.262 e. The maximum atomic E-state index is 10.1. The number of hydrogen-bond acceptors (Lipinski definition) is 1. The molecule has 1 rings (SSSR count). The zero-order chi connectivity index (χ0) is 14.9. The summed E-state index contributed by atoms with van der Waals surface area (Å²) in [5, 5.41) is 10.1. The van der Waals surface area contributed by atoms with Gasteiger partial charge in [0.15, 0.2) is 0 Å². The van der Waals surface area contributed by atoms with Gasteiger partial charge in [-0.15, -0.1) is 0 Å². The Morgan fingerprint density at radius 3 is 1.75 bits per heavy atom. The summed E-state index contributed by atoms with van der Waals surface area (Å²) in [6.07, 6.45) is 14.8. The topological polar surface area (TPSA) is 32.8 Å². The highest BCUT2D eigenvalue weighted by Crippen LogP contribution is 2.10. The first-order valence-corrected chi connectivity index (χ1v) is 8.27. The lowest BCUT2D eigenvalue weighted by molar-refractivity contribution is 0.186. The third kappa shape index (κ3) is 15.2. The summed E-state index contributed by atoms with van der Waals surface area (Å²) in [6, 6.07) is 5.86. The Hall–Kier alpha value is -0.890. The van der Waals surface area contributed by atoms with Crippen LogP contribution in [0.15, 0.2) is 24.4 Å². The zero-order valence-electron chi connectivity index (χ0n) is 13.4. The molecule has 0 fully saturated rings. The van der Waals surface area contributed by atoms with E-state index in [0.717, 1.165) is 18.5 Å². The molecule has 0 aliphatic rings. The van der Waals surface area contributed by atoms with Crippen LogP contribution in [0.1, 0.15) is 76.8 Å². The van der Waals surface area contributed by atoms with Crippen LogP contribution in [0.4, 0.5) is 0 Å². The lowest BCUT2D eigenvalue weighted by Gasteiger charge is -2.00. The van der Waals surface area contributed by atoms with Gasteiger partial charge in [-0.25, -0.2) is 5.11 Å². The van der Waals surface area contributed by atoms with Crippen LogP contribution >= 0.6 is 0 Å². The van der Waals surface area contributed by atoms with Crippen molar-refractivity contribution in [3.05, 3.63) is 30.1 Å². The van der Waals surface area contributed by atoms with Crippen LogP contribution in [0.2, 0.25) is 0 Å². The average molecular weight is 278 g/mol. The molecule has 0 aliphatic heterocycles. The Kier molecular flexibility index (Phi) is 15.4. The van der Waals surface area contributed by atoms with Crippen LogP contribution in [-0.4, -0.2) is 11.6 Å². The first-order valence-electron chi connectivity index (χ1n) is 8.27. The van der Waals surface area contributed by atoms with Gasteiger partial charge in [-0.3, -0.25) is 4.98 Å². The van der Waals surface area contributed by atoms with Gasteiger partial charge in [0.2, 0.25) is 0 Å². The van der Waals surface area contributed by atoms with Crippen LogP contribution in [0.5, 0.6) is 0 Å². The number of pyridine rings is 1. The Bertz CT molecular complexity index is 264. The smallest absolute Gasteiger partial charge is 0.0822 e. The zero-order valence-corrected chi connectivity index (χ0v) is 13.4. The van der Waals surface area contributed by atoms with Crippen molar-refractivity contribution in [1.82, 2.24) is 4.98 Å². The van der Waals surface area contributed by atoms with Crippen LogP contribution in [0.25, 0.3) is 0 Å². The molecule has 1 aromatic rings. The lowest BCUT2D eigenvalue weighted by Crippen LogP contribution is -1.83. The Labute approximate surface area is 125 Å². The monoisotopic (exact) mass is 278 g/mol. The quantitative estimate of drug-likeness (QED) is 0.503. The fraction of sp³-hybridized carbons (Fsp3) is 0.722. The summed E-state index contributed by atoms with van der Waals surface area (Å²) in [5.41, 5.74) is 1.07. The molecule has 0 aromatic carbocycles. The molecule has 0 aliphatic carbocycles. The summed E-state index contributed by atoms with van der Waals surface area (Å²) in [6.45, 7) is 4.35. The third-order valence-electron chi connectivity index (χ3n) is 3.31. The van der Waals surface area contributed by atoms with Gasteiger partial charge in [0, 0.05) is 11.9 Å². The molecule has 0 saturated carbocycles. The highest BCUT2D eigenvalue weighted by atomic mass is 16.2. The van der Waals surface area contributed by atoms with Crippen LogP contribution in [0, 0.1) is 6.92 Å². The van der Waals surface area contributed by atoms with E-state index in [1.807, 2.05) is 25.1 Å².